The van der Waals surface area contributed by atoms with Crippen LogP contribution in [0.3, 0.4) is 0 Å². The smallest absolute Gasteiger partial charge is 0.138 e. The van der Waals surface area contributed by atoms with Crippen LogP contribution in [0.15, 0.2) is 10.5 Å². The fourth-order valence-electron chi connectivity index (χ4n) is 2.60. The van der Waals surface area contributed by atoms with E-state index in [2.05, 4.69) is 41.2 Å². The first-order valence-corrected chi connectivity index (χ1v) is 7.01. The van der Waals surface area contributed by atoms with Crippen LogP contribution >= 0.6 is 15.9 Å². The van der Waals surface area contributed by atoms with Crippen LogP contribution in [-0.2, 0) is 0 Å². The molecular formula is C14H20BrNO. The monoisotopic (exact) mass is 297 g/mol. The molecule has 1 aromatic carbocycles. The van der Waals surface area contributed by atoms with Crippen molar-refractivity contribution in [2.75, 3.05) is 13.7 Å². The van der Waals surface area contributed by atoms with Gasteiger partial charge in [-0.25, -0.2) is 0 Å². The number of piperidine rings is 1. The SMILES string of the molecule is COc1c(Br)cc(C)c(C)c1C1CCCCN1. The van der Waals surface area contributed by atoms with Crippen molar-refractivity contribution in [2.24, 2.45) is 0 Å². The molecule has 0 bridgehead atoms. The molecule has 3 heteroatoms. The molecule has 0 aromatic heterocycles. The minimum Gasteiger partial charge on any atom is -0.495 e. The minimum atomic E-state index is 0.440. The average Bonchev–Trinajstić information content (AvgIpc) is 2.34. The third-order valence-electron chi connectivity index (χ3n) is 3.66. The highest BCUT2D eigenvalue weighted by molar-refractivity contribution is 9.10. The van der Waals surface area contributed by atoms with Crippen molar-refractivity contribution in [1.29, 1.82) is 0 Å². The molecule has 1 atom stereocenters. The lowest BCUT2D eigenvalue weighted by Crippen LogP contribution is -2.28. The van der Waals surface area contributed by atoms with Gasteiger partial charge in [0.1, 0.15) is 5.75 Å². The molecule has 0 spiro atoms. The van der Waals surface area contributed by atoms with Crippen molar-refractivity contribution in [1.82, 2.24) is 5.32 Å². The van der Waals surface area contributed by atoms with Crippen molar-refractivity contribution < 1.29 is 4.74 Å². The molecule has 0 aliphatic carbocycles. The summed E-state index contributed by atoms with van der Waals surface area (Å²) in [7, 11) is 1.75. The summed E-state index contributed by atoms with van der Waals surface area (Å²) in [5.41, 5.74) is 4.00. The summed E-state index contributed by atoms with van der Waals surface area (Å²) in [6.07, 6.45) is 3.78. The molecule has 1 aliphatic heterocycles. The van der Waals surface area contributed by atoms with Crippen LogP contribution in [0, 0.1) is 13.8 Å². The largest absolute Gasteiger partial charge is 0.495 e. The minimum absolute atomic E-state index is 0.440. The van der Waals surface area contributed by atoms with Gasteiger partial charge in [-0.05, 0) is 66.4 Å². The van der Waals surface area contributed by atoms with Crippen molar-refractivity contribution in [3.05, 3.63) is 27.2 Å². The van der Waals surface area contributed by atoms with Crippen LogP contribution in [0.5, 0.6) is 5.75 Å². The number of ether oxygens (including phenoxy) is 1. The molecule has 17 heavy (non-hydrogen) atoms. The molecule has 0 amide bonds. The predicted octanol–water partition coefficient (Wildman–Crippen LogP) is 3.89. The van der Waals surface area contributed by atoms with Gasteiger partial charge in [-0.15, -0.1) is 0 Å². The van der Waals surface area contributed by atoms with E-state index in [9.17, 15) is 0 Å². The number of hydrogen-bond donors (Lipinski definition) is 1. The van der Waals surface area contributed by atoms with Crippen LogP contribution < -0.4 is 10.1 Å². The van der Waals surface area contributed by atoms with Crippen molar-refractivity contribution in [2.45, 2.75) is 39.2 Å². The number of benzene rings is 1. The third-order valence-corrected chi connectivity index (χ3v) is 4.25. The van der Waals surface area contributed by atoms with Gasteiger partial charge in [0, 0.05) is 11.6 Å². The fraction of sp³-hybridized carbons (Fsp3) is 0.571. The molecule has 1 fully saturated rings. The molecule has 1 aromatic rings. The van der Waals surface area contributed by atoms with Gasteiger partial charge in [0.2, 0.25) is 0 Å². The summed E-state index contributed by atoms with van der Waals surface area (Å²) >= 11 is 3.61. The van der Waals surface area contributed by atoms with E-state index in [4.69, 9.17) is 4.74 Å². The van der Waals surface area contributed by atoms with Crippen molar-refractivity contribution in [3.8, 4) is 5.75 Å². The van der Waals surface area contributed by atoms with Gasteiger partial charge in [-0.1, -0.05) is 6.42 Å². The van der Waals surface area contributed by atoms with Gasteiger partial charge in [0.15, 0.2) is 0 Å². The second-order valence-electron chi connectivity index (χ2n) is 4.75. The number of nitrogens with one attached hydrogen (secondary N) is 1. The van der Waals surface area contributed by atoms with E-state index in [0.29, 0.717) is 6.04 Å². The Labute approximate surface area is 112 Å². The van der Waals surface area contributed by atoms with Crippen LogP contribution in [0.2, 0.25) is 0 Å². The van der Waals surface area contributed by atoms with Crippen LogP contribution in [0.1, 0.15) is 42.0 Å². The zero-order chi connectivity index (χ0) is 12.4. The van der Waals surface area contributed by atoms with Gasteiger partial charge < -0.3 is 10.1 Å². The van der Waals surface area contributed by atoms with Crippen molar-refractivity contribution in [3.63, 3.8) is 0 Å². The molecule has 1 N–H and O–H groups in total. The molecule has 0 saturated carbocycles. The molecule has 0 radical (unpaired) electrons. The second kappa shape index (κ2) is 5.40. The Morgan fingerprint density at radius 2 is 2.12 bits per heavy atom. The summed E-state index contributed by atoms with van der Waals surface area (Å²) in [4.78, 5) is 0. The first kappa shape index (κ1) is 12.9. The van der Waals surface area contributed by atoms with E-state index in [1.54, 1.807) is 7.11 Å². The Morgan fingerprint density at radius 3 is 2.71 bits per heavy atom. The lowest BCUT2D eigenvalue weighted by molar-refractivity contribution is 0.370. The Balaban J connectivity index is 2.48. The summed E-state index contributed by atoms with van der Waals surface area (Å²) < 4.78 is 6.64. The Morgan fingerprint density at radius 1 is 1.35 bits per heavy atom. The van der Waals surface area contributed by atoms with E-state index in [1.807, 2.05) is 0 Å². The molecule has 1 aliphatic rings. The average molecular weight is 298 g/mol. The molecule has 1 unspecified atom stereocenters. The van der Waals surface area contributed by atoms with Gasteiger partial charge in [0.05, 0.1) is 11.6 Å². The normalized spacial score (nSPS) is 20.4. The molecule has 94 valence electrons. The van der Waals surface area contributed by atoms with E-state index >= 15 is 0 Å². The molecule has 1 heterocycles. The summed E-state index contributed by atoms with van der Waals surface area (Å²) in [5.74, 6) is 0.993. The van der Waals surface area contributed by atoms with Gasteiger partial charge in [-0.3, -0.25) is 0 Å². The van der Waals surface area contributed by atoms with Gasteiger partial charge >= 0.3 is 0 Å². The number of hydrogen-bond acceptors (Lipinski definition) is 2. The van der Waals surface area contributed by atoms with E-state index in [0.717, 1.165) is 16.8 Å². The number of aryl methyl sites for hydroxylation is 1. The Bertz CT molecular complexity index is 411. The summed E-state index contributed by atoms with van der Waals surface area (Å²) in [6, 6.07) is 2.58. The number of methoxy groups -OCH3 is 1. The highest BCUT2D eigenvalue weighted by Gasteiger charge is 2.23. The van der Waals surface area contributed by atoms with Crippen LogP contribution in [-0.4, -0.2) is 13.7 Å². The van der Waals surface area contributed by atoms with Crippen LogP contribution in [0.4, 0.5) is 0 Å². The van der Waals surface area contributed by atoms with Crippen molar-refractivity contribution >= 4 is 15.9 Å². The summed E-state index contributed by atoms with van der Waals surface area (Å²) in [6.45, 7) is 5.46. The lowest BCUT2D eigenvalue weighted by atomic mass is 9.91. The summed E-state index contributed by atoms with van der Waals surface area (Å²) in [5, 5.41) is 3.60. The van der Waals surface area contributed by atoms with E-state index in [1.165, 1.54) is 36.0 Å². The lowest BCUT2D eigenvalue weighted by Gasteiger charge is -2.28. The number of rotatable bonds is 2. The maximum atomic E-state index is 5.58. The second-order valence-corrected chi connectivity index (χ2v) is 5.60. The predicted molar refractivity (Wildman–Crippen MR) is 74.8 cm³/mol. The van der Waals surface area contributed by atoms with E-state index < -0.39 is 0 Å². The number of halogens is 1. The standard InChI is InChI=1S/C14H20BrNO/c1-9-8-11(15)14(17-3)13(10(9)2)12-6-4-5-7-16-12/h8,12,16H,4-7H2,1-3H3. The van der Waals surface area contributed by atoms with Gasteiger partial charge in [0.25, 0.3) is 0 Å². The van der Waals surface area contributed by atoms with Crippen LogP contribution in [0.25, 0.3) is 0 Å². The topological polar surface area (TPSA) is 21.3 Å². The third kappa shape index (κ3) is 2.50. The highest BCUT2D eigenvalue weighted by Crippen LogP contribution is 2.39. The Kier molecular flexibility index (Phi) is 4.10. The first-order valence-electron chi connectivity index (χ1n) is 6.22. The maximum absolute atomic E-state index is 5.58. The quantitative estimate of drug-likeness (QED) is 0.894. The molecule has 2 nitrogen and oxygen atoms in total. The fourth-order valence-corrected chi connectivity index (χ4v) is 3.32. The zero-order valence-electron chi connectivity index (χ0n) is 10.8. The van der Waals surface area contributed by atoms with E-state index in [-0.39, 0.29) is 0 Å². The molecular weight excluding hydrogens is 278 g/mol. The Hall–Kier alpha value is -0.540. The highest BCUT2D eigenvalue weighted by atomic mass is 79.9. The maximum Gasteiger partial charge on any atom is 0.138 e. The zero-order valence-corrected chi connectivity index (χ0v) is 12.4. The molecule has 2 rings (SSSR count). The molecule has 1 saturated heterocycles. The first-order chi connectivity index (χ1) is 8.15. The van der Waals surface area contributed by atoms with Gasteiger partial charge in [-0.2, -0.15) is 0 Å².